The van der Waals surface area contributed by atoms with Gasteiger partial charge in [0.25, 0.3) is 0 Å². The molecule has 0 amide bonds. The summed E-state index contributed by atoms with van der Waals surface area (Å²) in [6, 6.07) is 59.4. The van der Waals surface area contributed by atoms with Gasteiger partial charge in [0.1, 0.15) is 48.8 Å². The first-order valence-corrected chi connectivity index (χ1v) is 28.1. The highest BCUT2D eigenvalue weighted by Crippen LogP contribution is 2.40. The molecule has 0 N–H and O–H groups in total. The minimum Gasteiger partial charge on any atom is -0.414 e. The van der Waals surface area contributed by atoms with Crippen molar-refractivity contribution in [3.05, 3.63) is 215 Å². The predicted octanol–water partition coefficient (Wildman–Crippen LogP) is 12.0. The maximum absolute atomic E-state index is 17.6. The molecule has 2 fully saturated rings. The molecule has 2 aliphatic rings. The van der Waals surface area contributed by atoms with Crippen LogP contribution >= 0.6 is 0 Å². The fraction of sp³-hybridized carbons (Fsp3) is 0.400. The zero-order chi connectivity index (χ0) is 50.2. The molecule has 0 bridgehead atoms. The number of hydrogen-bond acceptors (Lipinski definition) is 10. The van der Waals surface area contributed by atoms with E-state index in [9.17, 15) is 0 Å². The summed E-state index contributed by atoms with van der Waals surface area (Å²) >= 11 is 0. The minimum atomic E-state index is -2.34. The maximum atomic E-state index is 17.6. The minimum absolute atomic E-state index is 0.0910. The standard InChI is InChI=1S/C60H71FO10Si/c1-60(2,3)72(4,5)68-43-51-53(64-38-46-28-16-8-17-29-46)54(65-39-47-30-18-9-19-31-47)56(58(61)69-51)71-59-57(67-41-49-34-22-11-23-35-49)55(66-40-48-32-20-10-21-33-48)52(63-37-45-26-14-7-15-27-45)50(70-59)42-62-36-44-24-12-6-13-25-44/h6-35,50-59H,36-43H2,1-5H3/t50-,51-,52-,53-,54+,55+,56-,57-,58-,59-/m1/s1. The van der Waals surface area contributed by atoms with Gasteiger partial charge in [0.2, 0.25) is 6.36 Å². The van der Waals surface area contributed by atoms with Crippen molar-refractivity contribution in [2.24, 2.45) is 0 Å². The molecule has 6 aromatic rings. The van der Waals surface area contributed by atoms with Crippen LogP contribution < -0.4 is 0 Å². The van der Waals surface area contributed by atoms with Gasteiger partial charge in [-0.15, -0.1) is 0 Å². The third-order valence-electron chi connectivity index (χ3n) is 13.7. The van der Waals surface area contributed by atoms with E-state index in [2.05, 4.69) is 33.9 Å². The Morgan fingerprint density at radius 1 is 0.403 bits per heavy atom. The van der Waals surface area contributed by atoms with E-state index in [1.165, 1.54) is 0 Å². The highest BCUT2D eigenvalue weighted by atomic mass is 28.4. The third kappa shape index (κ3) is 15.1. The maximum Gasteiger partial charge on any atom is 0.228 e. The Morgan fingerprint density at radius 2 is 0.722 bits per heavy atom. The van der Waals surface area contributed by atoms with Crippen LogP contribution in [0.5, 0.6) is 0 Å². The second kappa shape index (κ2) is 26.3. The molecule has 10 atom stereocenters. The van der Waals surface area contributed by atoms with Gasteiger partial charge in [-0.05, 0) is 51.5 Å². The molecule has 0 saturated carbocycles. The summed E-state index contributed by atoms with van der Waals surface area (Å²) in [4.78, 5) is 0. The molecule has 0 aliphatic carbocycles. The van der Waals surface area contributed by atoms with Crippen LogP contribution in [0.3, 0.4) is 0 Å². The van der Waals surface area contributed by atoms with Gasteiger partial charge >= 0.3 is 0 Å². The number of hydrogen-bond donors (Lipinski definition) is 0. The van der Waals surface area contributed by atoms with Crippen LogP contribution in [0.4, 0.5) is 4.39 Å². The van der Waals surface area contributed by atoms with Gasteiger partial charge in [0, 0.05) is 0 Å². The predicted molar refractivity (Wildman–Crippen MR) is 278 cm³/mol. The SMILES string of the molecule is CC(C)(C)[Si](C)(C)OC[C@H]1O[C@@H](F)[C@H](O[C@H]2O[C@H](COCc3ccccc3)[C@@H](OCc3ccccc3)[C@H](OCc3ccccc3)[C@H]2OCc2ccccc2)[C@@H](OCc2ccccc2)[C@@H]1OCc1ccccc1. The van der Waals surface area contributed by atoms with Crippen LogP contribution in [-0.2, 0) is 86.7 Å². The number of benzene rings is 6. The highest BCUT2D eigenvalue weighted by Gasteiger charge is 2.55. The van der Waals surface area contributed by atoms with Crippen molar-refractivity contribution < 1.29 is 51.4 Å². The van der Waals surface area contributed by atoms with E-state index in [1.54, 1.807) is 0 Å². The summed E-state index contributed by atoms with van der Waals surface area (Å²) in [5.41, 5.74) is 5.66. The lowest BCUT2D eigenvalue weighted by atomic mass is 9.96. The monoisotopic (exact) mass is 998 g/mol. The first kappa shape index (κ1) is 53.4. The van der Waals surface area contributed by atoms with E-state index in [-0.39, 0.29) is 51.3 Å². The molecule has 2 saturated heterocycles. The van der Waals surface area contributed by atoms with Crippen LogP contribution in [0.15, 0.2) is 182 Å². The van der Waals surface area contributed by atoms with Gasteiger partial charge in [0.05, 0.1) is 52.9 Å². The fourth-order valence-electron chi connectivity index (χ4n) is 8.59. The number of rotatable bonds is 24. The van der Waals surface area contributed by atoms with Crippen molar-refractivity contribution in [2.75, 3.05) is 13.2 Å². The Labute approximate surface area is 426 Å². The molecule has 72 heavy (non-hydrogen) atoms. The van der Waals surface area contributed by atoms with E-state index >= 15 is 4.39 Å². The molecule has 2 aliphatic heterocycles. The van der Waals surface area contributed by atoms with Gasteiger partial charge in [-0.2, -0.15) is 0 Å². The van der Waals surface area contributed by atoms with E-state index in [0.717, 1.165) is 33.4 Å². The van der Waals surface area contributed by atoms with E-state index in [0.29, 0.717) is 6.61 Å². The third-order valence-corrected chi connectivity index (χ3v) is 18.2. The quantitative estimate of drug-likeness (QED) is 0.0546. The first-order valence-electron chi connectivity index (χ1n) is 25.1. The summed E-state index contributed by atoms with van der Waals surface area (Å²) in [7, 11) is -2.34. The van der Waals surface area contributed by atoms with Crippen molar-refractivity contribution in [1.29, 1.82) is 0 Å². The molecule has 0 unspecified atom stereocenters. The Balaban J connectivity index is 1.18. The topological polar surface area (TPSA) is 92.3 Å². The van der Waals surface area contributed by atoms with Crippen LogP contribution in [0, 0.1) is 0 Å². The molecule has 8 rings (SSSR count). The molecular formula is C60H71FO10Si. The average molecular weight is 999 g/mol. The lowest BCUT2D eigenvalue weighted by molar-refractivity contribution is -0.371. The summed E-state index contributed by atoms with van der Waals surface area (Å²) in [6.07, 6.45) is -10.7. The fourth-order valence-corrected chi connectivity index (χ4v) is 9.60. The molecule has 6 aromatic carbocycles. The van der Waals surface area contributed by atoms with Crippen molar-refractivity contribution >= 4 is 8.32 Å². The van der Waals surface area contributed by atoms with Crippen LogP contribution in [0.1, 0.15) is 54.2 Å². The summed E-state index contributed by atoms with van der Waals surface area (Å²) < 4.78 is 86.0. The lowest BCUT2D eigenvalue weighted by Crippen LogP contribution is -2.65. The van der Waals surface area contributed by atoms with Crippen molar-refractivity contribution in [3.8, 4) is 0 Å². The first-order chi connectivity index (χ1) is 35.0. The molecule has 12 heteroatoms. The summed E-state index contributed by atoms with van der Waals surface area (Å²) in [5, 5.41) is -0.109. The van der Waals surface area contributed by atoms with E-state index < -0.39 is 69.8 Å². The smallest absolute Gasteiger partial charge is 0.228 e. The molecule has 0 spiro atoms. The van der Waals surface area contributed by atoms with Crippen LogP contribution in [0.2, 0.25) is 18.1 Å². The van der Waals surface area contributed by atoms with Crippen molar-refractivity contribution in [2.45, 2.75) is 140 Å². The Kier molecular flexibility index (Phi) is 19.5. The largest absolute Gasteiger partial charge is 0.414 e. The van der Waals surface area contributed by atoms with Crippen molar-refractivity contribution in [1.82, 2.24) is 0 Å². The van der Waals surface area contributed by atoms with Gasteiger partial charge < -0.3 is 47.1 Å². The van der Waals surface area contributed by atoms with E-state index in [4.69, 9.17) is 47.1 Å². The summed E-state index contributed by atoms with van der Waals surface area (Å²) in [5.74, 6) is 0. The highest BCUT2D eigenvalue weighted by molar-refractivity contribution is 6.74. The zero-order valence-corrected chi connectivity index (χ0v) is 43.2. The molecule has 10 nitrogen and oxygen atoms in total. The molecule has 0 aromatic heterocycles. The van der Waals surface area contributed by atoms with Gasteiger partial charge in [-0.1, -0.05) is 203 Å². The van der Waals surface area contributed by atoms with E-state index in [1.807, 2.05) is 182 Å². The molecule has 0 radical (unpaired) electrons. The second-order valence-corrected chi connectivity index (χ2v) is 24.9. The van der Waals surface area contributed by atoms with Crippen LogP contribution in [-0.4, -0.2) is 83.0 Å². The number of ether oxygens (including phenoxy) is 9. The van der Waals surface area contributed by atoms with Crippen molar-refractivity contribution in [3.63, 3.8) is 0 Å². The second-order valence-electron chi connectivity index (χ2n) is 20.0. The Bertz CT molecular complexity index is 2430. The number of alkyl halides is 1. The van der Waals surface area contributed by atoms with Gasteiger partial charge in [-0.25, -0.2) is 4.39 Å². The Hall–Kier alpha value is -4.93. The van der Waals surface area contributed by atoms with Gasteiger partial charge in [-0.3, -0.25) is 0 Å². The molecule has 382 valence electrons. The lowest BCUT2D eigenvalue weighted by Gasteiger charge is -2.49. The number of halogens is 1. The molecular weight excluding hydrogens is 928 g/mol. The van der Waals surface area contributed by atoms with Gasteiger partial charge in [0.15, 0.2) is 14.6 Å². The summed E-state index contributed by atoms with van der Waals surface area (Å²) in [6.45, 7) is 12.4. The van der Waals surface area contributed by atoms with Crippen LogP contribution in [0.25, 0.3) is 0 Å². The average Bonchev–Trinajstić information content (AvgIpc) is 3.40. The normalized spacial score (nSPS) is 24.8. The zero-order valence-electron chi connectivity index (χ0n) is 42.2. The Morgan fingerprint density at radius 3 is 1.10 bits per heavy atom. The molecule has 2 heterocycles.